The number of rotatable bonds is 0. The third-order valence-corrected chi connectivity index (χ3v) is 6.77. The summed E-state index contributed by atoms with van der Waals surface area (Å²) in [6.45, 7) is 0. The van der Waals surface area contributed by atoms with Crippen molar-refractivity contribution in [2.75, 3.05) is 0 Å². The van der Waals surface area contributed by atoms with Crippen LogP contribution in [0.5, 0.6) is 0 Å². The van der Waals surface area contributed by atoms with E-state index in [1.54, 1.807) is 0 Å². The highest BCUT2D eigenvalue weighted by atomic mass is 16.4. The van der Waals surface area contributed by atoms with Gasteiger partial charge in [-0.25, -0.2) is 0 Å². The lowest BCUT2D eigenvalue weighted by Crippen LogP contribution is -1.76. The van der Waals surface area contributed by atoms with Gasteiger partial charge in [0.05, 0.1) is 0 Å². The van der Waals surface area contributed by atoms with Crippen molar-refractivity contribution in [3.63, 3.8) is 0 Å². The van der Waals surface area contributed by atoms with Crippen molar-refractivity contribution in [1.29, 1.82) is 0 Å². The number of fused-ring (bicyclic) bond motifs is 10. The largest absolute Gasteiger partial charge is 0.452 e. The van der Waals surface area contributed by atoms with Crippen molar-refractivity contribution in [3.8, 4) is 0 Å². The van der Waals surface area contributed by atoms with Crippen LogP contribution in [-0.2, 0) is 0 Å². The molecule has 0 radical (unpaired) electrons. The van der Waals surface area contributed by atoms with E-state index in [-0.39, 0.29) is 0 Å². The zero-order chi connectivity index (χ0) is 20.8. The molecule has 0 fully saturated rings. The molecule has 0 saturated heterocycles. The maximum Gasteiger partial charge on any atom is 0.178 e. The lowest BCUT2D eigenvalue weighted by molar-refractivity contribution is 0.634. The topological polar surface area (TPSA) is 26.3 Å². The Hall–Kier alpha value is -4.30. The van der Waals surface area contributed by atoms with Gasteiger partial charge < -0.3 is 8.83 Å². The molecule has 8 rings (SSSR count). The Morgan fingerprint density at radius 3 is 1.31 bits per heavy atom. The van der Waals surface area contributed by atoms with Crippen LogP contribution in [0.15, 0.2) is 106 Å². The first-order chi connectivity index (χ1) is 15.8. The van der Waals surface area contributed by atoms with Crippen LogP contribution in [-0.4, -0.2) is 0 Å². The molecule has 0 atom stereocenters. The van der Waals surface area contributed by atoms with Crippen molar-refractivity contribution in [2.45, 2.75) is 0 Å². The van der Waals surface area contributed by atoms with E-state index in [0.29, 0.717) is 0 Å². The number of hydrogen-bond acceptors (Lipinski definition) is 2. The van der Waals surface area contributed by atoms with E-state index in [9.17, 15) is 0 Å². The van der Waals surface area contributed by atoms with Crippen LogP contribution in [0.3, 0.4) is 0 Å². The molecule has 0 saturated carbocycles. The average molecular weight is 408 g/mol. The third-order valence-electron chi connectivity index (χ3n) is 6.77. The van der Waals surface area contributed by atoms with Crippen LogP contribution in [0.4, 0.5) is 0 Å². The van der Waals surface area contributed by atoms with E-state index in [4.69, 9.17) is 8.83 Å². The molecule has 0 aliphatic rings. The van der Waals surface area contributed by atoms with Crippen LogP contribution in [0.2, 0.25) is 0 Å². The van der Waals surface area contributed by atoms with Crippen LogP contribution >= 0.6 is 0 Å². The third kappa shape index (κ3) is 2.09. The minimum absolute atomic E-state index is 0.817. The second-order valence-corrected chi connectivity index (χ2v) is 8.61. The molecule has 6 aromatic carbocycles. The molecule has 0 aliphatic carbocycles. The normalized spacial score (nSPS) is 12.4. The molecule has 0 aliphatic heterocycles. The maximum absolute atomic E-state index is 6.42. The van der Waals surface area contributed by atoms with Crippen molar-refractivity contribution >= 4 is 76.2 Å². The van der Waals surface area contributed by atoms with Gasteiger partial charge in [-0.05, 0) is 80.8 Å². The van der Waals surface area contributed by atoms with Crippen molar-refractivity contribution in [3.05, 3.63) is 97.1 Å². The predicted molar refractivity (Wildman–Crippen MR) is 134 cm³/mol. The minimum atomic E-state index is 0.817. The fourth-order valence-corrected chi connectivity index (χ4v) is 5.19. The summed E-state index contributed by atoms with van der Waals surface area (Å²) < 4.78 is 12.8. The molecule has 2 aromatic heterocycles. The van der Waals surface area contributed by atoms with Crippen LogP contribution in [0.1, 0.15) is 0 Å². The Morgan fingerprint density at radius 2 is 0.750 bits per heavy atom. The molecule has 8 aromatic rings. The predicted octanol–water partition coefficient (Wildman–Crippen LogP) is 8.94. The highest BCUT2D eigenvalue weighted by molar-refractivity contribution is 6.21. The summed E-state index contributed by atoms with van der Waals surface area (Å²) >= 11 is 0. The first kappa shape index (κ1) is 16.4. The van der Waals surface area contributed by atoms with Gasteiger partial charge in [-0.3, -0.25) is 0 Å². The summed E-state index contributed by atoms with van der Waals surface area (Å²) in [6, 6.07) is 34.4. The van der Waals surface area contributed by atoms with Gasteiger partial charge in [-0.15, -0.1) is 0 Å². The lowest BCUT2D eigenvalue weighted by Gasteiger charge is -2.02. The number of hydrogen-bond donors (Lipinski definition) is 0. The van der Waals surface area contributed by atoms with Crippen LogP contribution < -0.4 is 0 Å². The van der Waals surface area contributed by atoms with Crippen molar-refractivity contribution < 1.29 is 8.83 Å². The maximum atomic E-state index is 6.42. The summed E-state index contributed by atoms with van der Waals surface area (Å²) in [5.74, 6) is 0. The highest BCUT2D eigenvalue weighted by Gasteiger charge is 2.17. The lowest BCUT2D eigenvalue weighted by atomic mass is 10.0. The van der Waals surface area contributed by atoms with Gasteiger partial charge >= 0.3 is 0 Å². The van der Waals surface area contributed by atoms with E-state index in [1.807, 2.05) is 0 Å². The van der Waals surface area contributed by atoms with Gasteiger partial charge in [0.25, 0.3) is 0 Å². The van der Waals surface area contributed by atoms with Gasteiger partial charge in [0, 0.05) is 21.5 Å². The van der Waals surface area contributed by atoms with Crippen molar-refractivity contribution in [2.24, 2.45) is 0 Å². The first-order valence-electron chi connectivity index (χ1n) is 10.8. The quantitative estimate of drug-likeness (QED) is 0.234. The molecule has 0 amide bonds. The molecule has 0 bridgehead atoms. The highest BCUT2D eigenvalue weighted by Crippen LogP contribution is 2.41. The van der Waals surface area contributed by atoms with E-state index < -0.39 is 0 Å². The standard InChI is InChI=1S/C30H16O2/c1-2-6-18-12-22-16-28-26(14-21(22)11-17(18)5-1)24-10-9-23-25-13-19-7-3-4-8-20(19)15-27(25)31-29(23)30(24)32-28/h1-16H. The summed E-state index contributed by atoms with van der Waals surface area (Å²) in [6.07, 6.45) is 0. The zero-order valence-corrected chi connectivity index (χ0v) is 17.1. The van der Waals surface area contributed by atoms with E-state index in [2.05, 4.69) is 97.1 Å². The monoisotopic (exact) mass is 408 g/mol. The number of benzene rings is 6. The molecule has 0 unspecified atom stereocenters. The molecule has 148 valence electrons. The van der Waals surface area contributed by atoms with E-state index in [0.717, 1.165) is 43.9 Å². The Balaban J connectivity index is 1.49. The van der Waals surface area contributed by atoms with Gasteiger partial charge in [0.2, 0.25) is 0 Å². The first-order valence-corrected chi connectivity index (χ1v) is 10.8. The molecule has 2 nitrogen and oxygen atoms in total. The van der Waals surface area contributed by atoms with E-state index >= 15 is 0 Å². The van der Waals surface area contributed by atoms with Gasteiger partial charge in [-0.2, -0.15) is 0 Å². The molecule has 2 heterocycles. The van der Waals surface area contributed by atoms with E-state index in [1.165, 1.54) is 32.3 Å². The fraction of sp³-hybridized carbons (Fsp3) is 0. The molecule has 0 N–H and O–H groups in total. The summed E-state index contributed by atoms with van der Waals surface area (Å²) in [5.41, 5.74) is 3.42. The fourth-order valence-electron chi connectivity index (χ4n) is 5.19. The Bertz CT molecular complexity index is 2020. The zero-order valence-electron chi connectivity index (χ0n) is 17.1. The summed E-state index contributed by atoms with van der Waals surface area (Å²) in [7, 11) is 0. The van der Waals surface area contributed by atoms with Crippen LogP contribution in [0.25, 0.3) is 76.2 Å². The van der Waals surface area contributed by atoms with Gasteiger partial charge in [-0.1, -0.05) is 48.5 Å². The average Bonchev–Trinajstić information content (AvgIpc) is 3.37. The molecule has 0 spiro atoms. The van der Waals surface area contributed by atoms with Gasteiger partial charge in [0.15, 0.2) is 11.2 Å². The number of furan rings is 2. The summed E-state index contributed by atoms with van der Waals surface area (Å²) in [4.78, 5) is 0. The Labute approximate surface area is 182 Å². The smallest absolute Gasteiger partial charge is 0.178 e. The molecule has 2 heteroatoms. The Morgan fingerprint density at radius 1 is 0.344 bits per heavy atom. The summed E-state index contributed by atoms with van der Waals surface area (Å²) in [5, 5.41) is 11.7. The molecular weight excluding hydrogens is 392 g/mol. The van der Waals surface area contributed by atoms with Crippen LogP contribution in [0, 0.1) is 0 Å². The Kier molecular flexibility index (Phi) is 2.91. The SMILES string of the molecule is c1ccc2cc3cc4c(cc3cc2c1)oc1c4ccc2c3cc4ccccc4cc3oc21. The molecule has 32 heavy (non-hydrogen) atoms. The van der Waals surface area contributed by atoms with Crippen molar-refractivity contribution in [1.82, 2.24) is 0 Å². The second kappa shape index (κ2) is 5.68. The molecular formula is C30H16O2. The minimum Gasteiger partial charge on any atom is -0.452 e. The second-order valence-electron chi connectivity index (χ2n) is 8.61. The van der Waals surface area contributed by atoms with Gasteiger partial charge in [0.1, 0.15) is 11.2 Å².